The highest BCUT2D eigenvalue weighted by atomic mass is 35.5. The summed E-state index contributed by atoms with van der Waals surface area (Å²) in [5.41, 5.74) is 2.27. The van der Waals surface area contributed by atoms with Crippen molar-refractivity contribution < 1.29 is 34.0 Å². The van der Waals surface area contributed by atoms with Crippen LogP contribution in [0.3, 0.4) is 0 Å². The van der Waals surface area contributed by atoms with Crippen molar-refractivity contribution in [2.24, 2.45) is 0 Å². The number of rotatable bonds is 8. The normalized spacial score (nSPS) is 16.6. The molecule has 0 aromatic heterocycles. The van der Waals surface area contributed by atoms with Gasteiger partial charge in [-0.15, -0.1) is 0 Å². The average molecular weight is 538 g/mol. The third kappa shape index (κ3) is 4.99. The number of halogens is 1. The summed E-state index contributed by atoms with van der Waals surface area (Å²) in [6.45, 7) is 1.97. The molecule has 1 fully saturated rings. The maximum absolute atomic E-state index is 13.4. The fourth-order valence-electron chi connectivity index (χ4n) is 4.66. The van der Waals surface area contributed by atoms with Gasteiger partial charge < -0.3 is 29.3 Å². The van der Waals surface area contributed by atoms with Gasteiger partial charge in [-0.3, -0.25) is 9.59 Å². The Balaban J connectivity index is 1.81. The van der Waals surface area contributed by atoms with E-state index in [0.717, 1.165) is 11.1 Å². The average Bonchev–Trinajstić information content (AvgIpc) is 3.16. The summed E-state index contributed by atoms with van der Waals surface area (Å²) in [4.78, 5) is 28.1. The first-order valence-electron chi connectivity index (χ1n) is 11.8. The molecule has 0 radical (unpaired) electrons. The van der Waals surface area contributed by atoms with E-state index in [4.69, 9.17) is 25.8 Å². The number of aliphatic hydroxyl groups is 1. The van der Waals surface area contributed by atoms with E-state index in [-0.39, 0.29) is 34.2 Å². The molecule has 0 bridgehead atoms. The van der Waals surface area contributed by atoms with Crippen LogP contribution in [0, 0.1) is 6.92 Å². The SMILES string of the molecule is COc1ccc(CCN2C(=O)C(=O)/C(=C(/O)c3cc(C)cc(Cl)c3OC)C2c2ccc(O)cc2)cc1OC. The number of benzene rings is 3. The molecule has 9 heteroatoms. The summed E-state index contributed by atoms with van der Waals surface area (Å²) in [5.74, 6) is -0.621. The number of methoxy groups -OCH3 is 3. The molecule has 3 aromatic rings. The highest BCUT2D eigenvalue weighted by molar-refractivity contribution is 6.46. The van der Waals surface area contributed by atoms with Gasteiger partial charge in [0.1, 0.15) is 17.3 Å². The second kappa shape index (κ2) is 11.1. The first kappa shape index (κ1) is 26.9. The number of Topliss-reactive ketones (excluding diaryl/α,β-unsaturated/α-hetero) is 1. The van der Waals surface area contributed by atoms with Crippen LogP contribution in [-0.2, 0) is 16.0 Å². The molecule has 4 rings (SSSR count). The number of phenolic OH excluding ortho intramolecular Hbond substituents is 1. The van der Waals surface area contributed by atoms with Crippen LogP contribution in [0.2, 0.25) is 5.02 Å². The van der Waals surface area contributed by atoms with Crippen LogP contribution in [0.15, 0.2) is 60.2 Å². The lowest BCUT2D eigenvalue weighted by molar-refractivity contribution is -0.139. The molecule has 0 aliphatic carbocycles. The topological polar surface area (TPSA) is 106 Å². The van der Waals surface area contributed by atoms with Crippen molar-refractivity contribution in [2.45, 2.75) is 19.4 Å². The number of aromatic hydroxyl groups is 1. The molecule has 1 atom stereocenters. The third-order valence-corrected chi connectivity index (χ3v) is 6.77. The van der Waals surface area contributed by atoms with Gasteiger partial charge in [0.05, 0.1) is 43.5 Å². The summed E-state index contributed by atoms with van der Waals surface area (Å²) in [5, 5.41) is 21.5. The number of amides is 1. The largest absolute Gasteiger partial charge is 0.508 e. The predicted octanol–water partition coefficient (Wildman–Crippen LogP) is 5.04. The molecule has 0 spiro atoms. The predicted molar refractivity (Wildman–Crippen MR) is 143 cm³/mol. The van der Waals surface area contributed by atoms with E-state index in [1.807, 2.05) is 12.1 Å². The summed E-state index contributed by atoms with van der Waals surface area (Å²) in [6.07, 6.45) is 0.404. The van der Waals surface area contributed by atoms with Gasteiger partial charge in [-0.2, -0.15) is 0 Å². The van der Waals surface area contributed by atoms with Gasteiger partial charge in [0.25, 0.3) is 11.7 Å². The number of nitrogens with zero attached hydrogens (tertiary/aromatic N) is 1. The van der Waals surface area contributed by atoms with E-state index in [9.17, 15) is 19.8 Å². The van der Waals surface area contributed by atoms with Crippen molar-refractivity contribution in [3.8, 4) is 23.0 Å². The van der Waals surface area contributed by atoms with Crippen LogP contribution >= 0.6 is 11.6 Å². The number of aryl methyl sites for hydroxylation is 1. The van der Waals surface area contributed by atoms with Crippen molar-refractivity contribution in [2.75, 3.05) is 27.9 Å². The monoisotopic (exact) mass is 537 g/mol. The number of hydrogen-bond acceptors (Lipinski definition) is 7. The number of aliphatic hydroxyl groups excluding tert-OH is 1. The summed E-state index contributed by atoms with van der Waals surface area (Å²) >= 11 is 6.35. The van der Waals surface area contributed by atoms with E-state index < -0.39 is 23.5 Å². The Morgan fingerprint density at radius 2 is 1.63 bits per heavy atom. The van der Waals surface area contributed by atoms with Gasteiger partial charge in [0.15, 0.2) is 11.5 Å². The number of likely N-dealkylation sites (tertiary alicyclic amines) is 1. The van der Waals surface area contributed by atoms with Gasteiger partial charge in [0, 0.05) is 6.54 Å². The van der Waals surface area contributed by atoms with Crippen molar-refractivity contribution in [3.63, 3.8) is 0 Å². The Hall–Kier alpha value is -4.17. The smallest absolute Gasteiger partial charge is 0.295 e. The molecule has 1 unspecified atom stereocenters. The number of phenols is 1. The molecule has 1 aliphatic heterocycles. The molecule has 1 aliphatic rings. The standard InChI is InChI=1S/C29H28ClNO7/c1-16-13-20(28(38-4)21(30)14-16)26(33)24-25(18-6-8-19(32)9-7-18)31(29(35)27(24)34)12-11-17-5-10-22(36-2)23(15-17)37-3/h5-10,13-15,25,32-33H,11-12H2,1-4H3/b26-24+. The lowest BCUT2D eigenvalue weighted by Crippen LogP contribution is -2.31. The lowest BCUT2D eigenvalue weighted by Gasteiger charge is -2.26. The van der Waals surface area contributed by atoms with Gasteiger partial charge in [-0.05, 0) is 66.4 Å². The molecule has 38 heavy (non-hydrogen) atoms. The summed E-state index contributed by atoms with van der Waals surface area (Å²) < 4.78 is 16.1. The first-order chi connectivity index (χ1) is 18.2. The number of hydrogen-bond donors (Lipinski definition) is 2. The number of ether oxygens (including phenoxy) is 3. The quantitative estimate of drug-likeness (QED) is 0.235. The van der Waals surface area contributed by atoms with Crippen molar-refractivity contribution in [1.29, 1.82) is 0 Å². The van der Waals surface area contributed by atoms with Gasteiger partial charge >= 0.3 is 0 Å². The fourth-order valence-corrected chi connectivity index (χ4v) is 5.01. The van der Waals surface area contributed by atoms with E-state index >= 15 is 0 Å². The van der Waals surface area contributed by atoms with E-state index in [2.05, 4.69) is 0 Å². The highest BCUT2D eigenvalue weighted by Gasteiger charge is 2.46. The van der Waals surface area contributed by atoms with E-state index in [0.29, 0.717) is 23.5 Å². The van der Waals surface area contributed by atoms with Crippen LogP contribution in [0.25, 0.3) is 5.76 Å². The molecule has 1 amide bonds. The number of ketones is 1. The minimum absolute atomic E-state index is 0.0307. The molecule has 3 aromatic carbocycles. The van der Waals surface area contributed by atoms with E-state index in [1.54, 1.807) is 44.4 Å². The minimum Gasteiger partial charge on any atom is -0.508 e. The second-order valence-electron chi connectivity index (χ2n) is 8.85. The van der Waals surface area contributed by atoms with Crippen LogP contribution in [-0.4, -0.2) is 54.7 Å². The number of carbonyl (C=O) groups excluding carboxylic acids is 2. The maximum Gasteiger partial charge on any atom is 0.295 e. The second-order valence-corrected chi connectivity index (χ2v) is 9.26. The lowest BCUT2D eigenvalue weighted by atomic mass is 9.94. The zero-order valence-corrected chi connectivity index (χ0v) is 22.2. The Kier molecular flexibility index (Phi) is 7.83. The highest BCUT2D eigenvalue weighted by Crippen LogP contribution is 2.43. The molecular formula is C29H28ClNO7. The van der Waals surface area contributed by atoms with Gasteiger partial charge in [-0.25, -0.2) is 0 Å². The summed E-state index contributed by atoms with van der Waals surface area (Å²) in [6, 6.07) is 14.0. The molecule has 198 valence electrons. The zero-order valence-electron chi connectivity index (χ0n) is 21.4. The Morgan fingerprint density at radius 3 is 2.26 bits per heavy atom. The molecular weight excluding hydrogens is 510 g/mol. The van der Waals surface area contributed by atoms with Crippen LogP contribution in [0.4, 0.5) is 0 Å². The summed E-state index contributed by atoms with van der Waals surface area (Å²) in [7, 11) is 4.49. The van der Waals surface area contributed by atoms with Crippen molar-refractivity contribution in [3.05, 3.63) is 87.4 Å². The zero-order chi connectivity index (χ0) is 27.6. The van der Waals surface area contributed by atoms with Crippen molar-refractivity contribution >= 4 is 29.1 Å². The molecule has 0 saturated carbocycles. The molecule has 1 heterocycles. The molecule has 1 saturated heterocycles. The Bertz CT molecular complexity index is 1420. The third-order valence-electron chi connectivity index (χ3n) is 6.49. The molecule has 8 nitrogen and oxygen atoms in total. The Morgan fingerprint density at radius 1 is 0.947 bits per heavy atom. The van der Waals surface area contributed by atoms with Gasteiger partial charge in [0.2, 0.25) is 0 Å². The van der Waals surface area contributed by atoms with Crippen LogP contribution in [0.5, 0.6) is 23.0 Å². The maximum atomic E-state index is 13.4. The first-order valence-corrected chi connectivity index (χ1v) is 12.2. The number of carbonyl (C=O) groups is 2. The van der Waals surface area contributed by atoms with Crippen LogP contribution in [0.1, 0.15) is 28.3 Å². The van der Waals surface area contributed by atoms with Crippen LogP contribution < -0.4 is 14.2 Å². The fraction of sp³-hybridized carbons (Fsp3) is 0.241. The van der Waals surface area contributed by atoms with Crippen molar-refractivity contribution in [1.82, 2.24) is 4.90 Å². The van der Waals surface area contributed by atoms with E-state index in [1.165, 1.54) is 31.3 Å². The van der Waals surface area contributed by atoms with Gasteiger partial charge in [-0.1, -0.05) is 29.8 Å². The Labute approximate surface area is 225 Å². The molecule has 2 N–H and O–H groups in total. The minimum atomic E-state index is -0.903.